The van der Waals surface area contributed by atoms with Gasteiger partial charge in [-0.25, -0.2) is 0 Å². The van der Waals surface area contributed by atoms with Crippen molar-refractivity contribution < 1.29 is 14.2 Å². The molecule has 0 bridgehead atoms. The lowest BCUT2D eigenvalue weighted by atomic mass is 10.1. The van der Waals surface area contributed by atoms with E-state index in [1.807, 2.05) is 6.92 Å². The Labute approximate surface area is 104 Å². The van der Waals surface area contributed by atoms with Gasteiger partial charge in [-0.2, -0.15) is 0 Å². The Bertz CT molecular complexity index is 380. The molecule has 2 N–H and O–H groups in total. The van der Waals surface area contributed by atoms with Crippen LogP contribution in [0.1, 0.15) is 18.5 Å². The molecule has 1 aromatic rings. The van der Waals surface area contributed by atoms with E-state index < -0.39 is 0 Å². The van der Waals surface area contributed by atoms with E-state index in [0.717, 1.165) is 10.0 Å². The lowest BCUT2D eigenvalue weighted by Crippen LogP contribution is -2.10. The van der Waals surface area contributed by atoms with E-state index >= 15 is 0 Å². The standard InChI is InChI=1S/C11H16BrNO3/c1-6(13)9-10(15-3)7(12)5-8(14-2)11(9)16-4/h5-6H,13H2,1-4H3. The maximum Gasteiger partial charge on any atom is 0.169 e. The van der Waals surface area contributed by atoms with E-state index in [-0.39, 0.29) is 6.04 Å². The van der Waals surface area contributed by atoms with Crippen LogP contribution in [-0.4, -0.2) is 21.3 Å². The molecule has 0 amide bonds. The minimum absolute atomic E-state index is 0.212. The SMILES string of the molecule is COc1cc(Br)c(OC)c(C(C)N)c1OC. The molecular weight excluding hydrogens is 274 g/mol. The van der Waals surface area contributed by atoms with Crippen molar-refractivity contribution in [3.05, 3.63) is 16.1 Å². The number of halogens is 1. The van der Waals surface area contributed by atoms with Gasteiger partial charge in [-0.1, -0.05) is 0 Å². The van der Waals surface area contributed by atoms with Crippen molar-refractivity contribution in [1.29, 1.82) is 0 Å². The molecule has 0 aliphatic carbocycles. The number of methoxy groups -OCH3 is 3. The molecular formula is C11H16BrNO3. The van der Waals surface area contributed by atoms with Gasteiger partial charge in [0.15, 0.2) is 11.5 Å². The van der Waals surface area contributed by atoms with E-state index in [9.17, 15) is 0 Å². The van der Waals surface area contributed by atoms with Crippen molar-refractivity contribution in [2.24, 2.45) is 5.73 Å². The molecule has 1 aromatic carbocycles. The lowest BCUT2D eigenvalue weighted by Gasteiger charge is -2.19. The van der Waals surface area contributed by atoms with Crippen LogP contribution in [0.15, 0.2) is 10.5 Å². The Morgan fingerprint density at radius 2 is 1.69 bits per heavy atom. The molecule has 5 heteroatoms. The second-order valence-corrected chi connectivity index (χ2v) is 4.18. The highest BCUT2D eigenvalue weighted by molar-refractivity contribution is 9.10. The molecule has 0 fully saturated rings. The second-order valence-electron chi connectivity index (χ2n) is 3.33. The predicted molar refractivity (Wildman–Crippen MR) is 66.4 cm³/mol. The molecule has 90 valence electrons. The van der Waals surface area contributed by atoms with Crippen LogP contribution in [0.4, 0.5) is 0 Å². The molecule has 0 radical (unpaired) electrons. The molecule has 1 unspecified atom stereocenters. The van der Waals surface area contributed by atoms with Gasteiger partial charge >= 0.3 is 0 Å². The summed E-state index contributed by atoms with van der Waals surface area (Å²) < 4.78 is 16.7. The number of benzene rings is 1. The van der Waals surface area contributed by atoms with Crippen molar-refractivity contribution in [2.45, 2.75) is 13.0 Å². The summed E-state index contributed by atoms with van der Waals surface area (Å²) in [5.74, 6) is 1.91. The number of nitrogens with two attached hydrogens (primary N) is 1. The fourth-order valence-corrected chi connectivity index (χ4v) is 2.18. The molecule has 0 saturated heterocycles. The van der Waals surface area contributed by atoms with E-state index in [4.69, 9.17) is 19.9 Å². The van der Waals surface area contributed by atoms with E-state index in [0.29, 0.717) is 17.2 Å². The van der Waals surface area contributed by atoms with Crippen molar-refractivity contribution in [3.63, 3.8) is 0 Å². The normalized spacial score (nSPS) is 12.1. The van der Waals surface area contributed by atoms with Gasteiger partial charge in [0.1, 0.15) is 5.75 Å². The summed E-state index contributed by atoms with van der Waals surface area (Å²) in [5.41, 5.74) is 6.71. The smallest absolute Gasteiger partial charge is 0.169 e. The average Bonchev–Trinajstić information content (AvgIpc) is 2.27. The maximum atomic E-state index is 5.92. The minimum atomic E-state index is -0.212. The fraction of sp³-hybridized carbons (Fsp3) is 0.455. The van der Waals surface area contributed by atoms with Crippen LogP contribution in [0.3, 0.4) is 0 Å². The number of rotatable bonds is 4. The summed E-state index contributed by atoms with van der Waals surface area (Å²) in [4.78, 5) is 0. The Balaban J connectivity index is 3.53. The average molecular weight is 290 g/mol. The highest BCUT2D eigenvalue weighted by atomic mass is 79.9. The van der Waals surface area contributed by atoms with Crippen LogP contribution in [0.25, 0.3) is 0 Å². The van der Waals surface area contributed by atoms with Crippen LogP contribution >= 0.6 is 15.9 Å². The molecule has 0 heterocycles. The molecule has 0 aromatic heterocycles. The van der Waals surface area contributed by atoms with Gasteiger partial charge in [-0.05, 0) is 22.9 Å². The number of hydrogen-bond donors (Lipinski definition) is 1. The van der Waals surface area contributed by atoms with Gasteiger partial charge in [0.05, 0.1) is 31.4 Å². The minimum Gasteiger partial charge on any atom is -0.495 e. The zero-order valence-corrected chi connectivity index (χ0v) is 11.4. The quantitative estimate of drug-likeness (QED) is 0.925. The highest BCUT2D eigenvalue weighted by Gasteiger charge is 2.21. The summed E-state index contributed by atoms with van der Waals surface area (Å²) in [6, 6.07) is 1.58. The molecule has 0 aliphatic heterocycles. The summed E-state index contributed by atoms with van der Waals surface area (Å²) in [6.07, 6.45) is 0. The van der Waals surface area contributed by atoms with Crippen LogP contribution in [0.5, 0.6) is 17.2 Å². The zero-order chi connectivity index (χ0) is 12.3. The van der Waals surface area contributed by atoms with Crippen LogP contribution in [0.2, 0.25) is 0 Å². The third kappa shape index (κ3) is 2.25. The van der Waals surface area contributed by atoms with Gasteiger partial charge in [-0.15, -0.1) is 0 Å². The Morgan fingerprint density at radius 3 is 2.06 bits per heavy atom. The summed E-state index contributed by atoms with van der Waals surface area (Å²) in [6.45, 7) is 1.87. The molecule has 1 rings (SSSR count). The highest BCUT2D eigenvalue weighted by Crippen LogP contribution is 2.45. The van der Waals surface area contributed by atoms with Crippen LogP contribution in [0, 0.1) is 0 Å². The fourth-order valence-electron chi connectivity index (χ4n) is 1.59. The van der Waals surface area contributed by atoms with Gasteiger partial charge < -0.3 is 19.9 Å². The van der Waals surface area contributed by atoms with Gasteiger partial charge in [-0.3, -0.25) is 0 Å². The van der Waals surface area contributed by atoms with E-state index in [1.165, 1.54) is 0 Å². The molecule has 0 saturated carbocycles. The Hall–Kier alpha value is -0.940. The maximum absolute atomic E-state index is 5.92. The first-order chi connectivity index (χ1) is 7.56. The van der Waals surface area contributed by atoms with Crippen molar-refractivity contribution in [1.82, 2.24) is 0 Å². The molecule has 0 aliphatic rings. The van der Waals surface area contributed by atoms with Crippen molar-refractivity contribution in [2.75, 3.05) is 21.3 Å². The summed E-state index contributed by atoms with van der Waals surface area (Å²) in [5, 5.41) is 0. The zero-order valence-electron chi connectivity index (χ0n) is 9.83. The van der Waals surface area contributed by atoms with Crippen LogP contribution in [-0.2, 0) is 0 Å². The monoisotopic (exact) mass is 289 g/mol. The Morgan fingerprint density at radius 1 is 1.12 bits per heavy atom. The topological polar surface area (TPSA) is 53.7 Å². The first-order valence-electron chi connectivity index (χ1n) is 4.80. The first-order valence-corrected chi connectivity index (χ1v) is 5.60. The van der Waals surface area contributed by atoms with E-state index in [2.05, 4.69) is 15.9 Å². The van der Waals surface area contributed by atoms with Gasteiger partial charge in [0.2, 0.25) is 0 Å². The van der Waals surface area contributed by atoms with Crippen molar-refractivity contribution in [3.8, 4) is 17.2 Å². The molecule has 1 atom stereocenters. The number of hydrogen-bond acceptors (Lipinski definition) is 4. The van der Waals surface area contributed by atoms with Gasteiger partial charge in [0.25, 0.3) is 0 Å². The predicted octanol–water partition coefficient (Wildman–Crippen LogP) is 2.49. The van der Waals surface area contributed by atoms with Crippen LogP contribution < -0.4 is 19.9 Å². The van der Waals surface area contributed by atoms with Crippen molar-refractivity contribution >= 4 is 15.9 Å². The summed E-state index contributed by atoms with van der Waals surface area (Å²) in [7, 11) is 4.76. The lowest BCUT2D eigenvalue weighted by molar-refractivity contribution is 0.340. The third-order valence-corrected chi connectivity index (χ3v) is 2.86. The third-order valence-electron chi connectivity index (χ3n) is 2.27. The first kappa shape index (κ1) is 13.1. The molecule has 4 nitrogen and oxygen atoms in total. The molecule has 0 spiro atoms. The summed E-state index contributed by atoms with van der Waals surface area (Å²) >= 11 is 3.41. The van der Waals surface area contributed by atoms with Gasteiger partial charge in [0, 0.05) is 12.1 Å². The second kappa shape index (κ2) is 5.41. The Kier molecular flexibility index (Phi) is 4.44. The largest absolute Gasteiger partial charge is 0.495 e. The molecule has 16 heavy (non-hydrogen) atoms. The number of ether oxygens (including phenoxy) is 3. The van der Waals surface area contributed by atoms with E-state index in [1.54, 1.807) is 27.4 Å².